The van der Waals surface area contributed by atoms with Crippen molar-refractivity contribution in [3.05, 3.63) is 35.1 Å². The molecule has 0 saturated heterocycles. The average Bonchev–Trinajstić information content (AvgIpc) is 2.21. The Bertz CT molecular complexity index is 309. The molecule has 0 spiro atoms. The van der Waals surface area contributed by atoms with Gasteiger partial charge in [0.2, 0.25) is 0 Å². The summed E-state index contributed by atoms with van der Waals surface area (Å²) < 4.78 is 12.9. The molecule has 1 unspecified atom stereocenters. The first-order chi connectivity index (χ1) is 7.17. The maximum atomic E-state index is 12.9. The Labute approximate surface area is 90.9 Å². The van der Waals surface area contributed by atoms with Crippen LogP contribution in [0.15, 0.2) is 18.2 Å². The highest BCUT2D eigenvalue weighted by Crippen LogP contribution is 2.17. The third-order valence-electron chi connectivity index (χ3n) is 2.77. The van der Waals surface area contributed by atoms with Gasteiger partial charge >= 0.3 is 0 Å². The van der Waals surface area contributed by atoms with Crippen LogP contribution in [0.5, 0.6) is 0 Å². The third-order valence-corrected chi connectivity index (χ3v) is 2.77. The van der Waals surface area contributed by atoms with Gasteiger partial charge in [-0.2, -0.15) is 0 Å². The van der Waals surface area contributed by atoms with E-state index in [0.29, 0.717) is 5.92 Å². The molecule has 84 valence electrons. The van der Waals surface area contributed by atoms with Crippen LogP contribution >= 0.6 is 0 Å². The predicted octanol–water partition coefficient (Wildman–Crippen LogP) is 3.09. The van der Waals surface area contributed by atoms with Gasteiger partial charge in [-0.1, -0.05) is 19.4 Å². The molecule has 1 aromatic carbocycles. The molecule has 0 aliphatic carbocycles. The molecule has 1 N–H and O–H groups in total. The molecule has 2 heteroatoms. The van der Waals surface area contributed by atoms with Crippen molar-refractivity contribution < 1.29 is 9.50 Å². The fourth-order valence-corrected chi connectivity index (χ4v) is 1.87. The Morgan fingerprint density at radius 2 is 2.13 bits per heavy atom. The Kier molecular flexibility index (Phi) is 4.76. The minimum atomic E-state index is -0.188. The van der Waals surface area contributed by atoms with Crippen molar-refractivity contribution in [3.8, 4) is 0 Å². The van der Waals surface area contributed by atoms with Crippen molar-refractivity contribution in [2.45, 2.75) is 33.1 Å². The Hall–Kier alpha value is -0.890. The van der Waals surface area contributed by atoms with E-state index in [1.165, 1.54) is 6.07 Å². The summed E-state index contributed by atoms with van der Waals surface area (Å²) in [4.78, 5) is 0. The van der Waals surface area contributed by atoms with E-state index >= 15 is 0 Å². The van der Waals surface area contributed by atoms with Crippen molar-refractivity contribution in [2.75, 3.05) is 6.61 Å². The highest BCUT2D eigenvalue weighted by atomic mass is 19.1. The number of benzene rings is 1. The first-order valence-corrected chi connectivity index (χ1v) is 5.53. The molecule has 0 heterocycles. The number of rotatable bonds is 5. The zero-order chi connectivity index (χ0) is 11.3. The van der Waals surface area contributed by atoms with E-state index in [9.17, 15) is 9.50 Å². The van der Waals surface area contributed by atoms with Crippen molar-refractivity contribution in [1.82, 2.24) is 0 Å². The van der Waals surface area contributed by atoms with Crippen LogP contribution in [-0.2, 0) is 6.42 Å². The lowest BCUT2D eigenvalue weighted by Gasteiger charge is -2.14. The average molecular weight is 210 g/mol. The smallest absolute Gasteiger partial charge is 0.123 e. The maximum Gasteiger partial charge on any atom is 0.123 e. The minimum absolute atomic E-state index is 0.188. The SMILES string of the molecule is CCCC(CO)Cc1ccc(F)cc1C. The van der Waals surface area contributed by atoms with E-state index in [2.05, 4.69) is 6.92 Å². The summed E-state index contributed by atoms with van der Waals surface area (Å²) in [6, 6.07) is 4.86. The van der Waals surface area contributed by atoms with Gasteiger partial charge in [-0.05, 0) is 48.9 Å². The van der Waals surface area contributed by atoms with Crippen LogP contribution in [0.4, 0.5) is 4.39 Å². The lowest BCUT2D eigenvalue weighted by atomic mass is 9.93. The molecular formula is C13H19FO. The zero-order valence-corrected chi connectivity index (χ0v) is 9.46. The topological polar surface area (TPSA) is 20.2 Å². The fourth-order valence-electron chi connectivity index (χ4n) is 1.87. The molecule has 0 aliphatic heterocycles. The quantitative estimate of drug-likeness (QED) is 0.791. The fraction of sp³-hybridized carbons (Fsp3) is 0.538. The van der Waals surface area contributed by atoms with Crippen LogP contribution in [-0.4, -0.2) is 11.7 Å². The standard InChI is InChI=1S/C13H19FO/c1-3-4-11(9-15)8-12-5-6-13(14)7-10(12)2/h5-7,11,15H,3-4,8-9H2,1-2H3. The number of aliphatic hydroxyl groups is 1. The molecule has 0 saturated carbocycles. The van der Waals surface area contributed by atoms with E-state index < -0.39 is 0 Å². The summed E-state index contributed by atoms with van der Waals surface area (Å²) in [7, 11) is 0. The van der Waals surface area contributed by atoms with Gasteiger partial charge in [-0.25, -0.2) is 4.39 Å². The first kappa shape index (κ1) is 12.2. The van der Waals surface area contributed by atoms with E-state index in [1.54, 1.807) is 6.07 Å². The molecular weight excluding hydrogens is 191 g/mol. The van der Waals surface area contributed by atoms with Crippen LogP contribution in [0.3, 0.4) is 0 Å². The molecule has 1 atom stereocenters. The first-order valence-electron chi connectivity index (χ1n) is 5.53. The number of halogens is 1. The number of hydrogen-bond acceptors (Lipinski definition) is 1. The largest absolute Gasteiger partial charge is 0.396 e. The van der Waals surface area contributed by atoms with Crippen LogP contribution in [0, 0.1) is 18.7 Å². The molecule has 1 nitrogen and oxygen atoms in total. The molecule has 1 aromatic rings. The highest BCUT2D eigenvalue weighted by molar-refractivity contribution is 5.26. The van der Waals surface area contributed by atoms with Crippen molar-refractivity contribution in [3.63, 3.8) is 0 Å². The summed E-state index contributed by atoms with van der Waals surface area (Å²) in [6.45, 7) is 4.24. The molecule has 0 amide bonds. The van der Waals surface area contributed by atoms with Gasteiger partial charge in [0.25, 0.3) is 0 Å². The van der Waals surface area contributed by atoms with Gasteiger partial charge in [-0.15, -0.1) is 0 Å². The summed E-state index contributed by atoms with van der Waals surface area (Å²) in [5, 5.41) is 9.19. The molecule has 15 heavy (non-hydrogen) atoms. The lowest BCUT2D eigenvalue weighted by molar-refractivity contribution is 0.217. The van der Waals surface area contributed by atoms with E-state index in [4.69, 9.17) is 0 Å². The second-order valence-corrected chi connectivity index (χ2v) is 4.11. The third kappa shape index (κ3) is 3.63. The Morgan fingerprint density at radius 1 is 1.40 bits per heavy atom. The normalized spacial score (nSPS) is 12.8. The van der Waals surface area contributed by atoms with Crippen molar-refractivity contribution in [2.24, 2.45) is 5.92 Å². The van der Waals surface area contributed by atoms with Crippen LogP contribution < -0.4 is 0 Å². The summed E-state index contributed by atoms with van der Waals surface area (Å²) in [5.41, 5.74) is 2.12. The van der Waals surface area contributed by atoms with E-state index in [0.717, 1.165) is 30.4 Å². The minimum Gasteiger partial charge on any atom is -0.396 e. The van der Waals surface area contributed by atoms with E-state index in [1.807, 2.05) is 13.0 Å². The number of hydrogen-bond donors (Lipinski definition) is 1. The molecule has 0 aliphatic rings. The number of aryl methyl sites for hydroxylation is 1. The molecule has 0 radical (unpaired) electrons. The second kappa shape index (κ2) is 5.86. The lowest BCUT2D eigenvalue weighted by Crippen LogP contribution is -2.10. The second-order valence-electron chi connectivity index (χ2n) is 4.11. The van der Waals surface area contributed by atoms with Gasteiger partial charge in [0.05, 0.1) is 0 Å². The van der Waals surface area contributed by atoms with Gasteiger partial charge in [0.15, 0.2) is 0 Å². The van der Waals surface area contributed by atoms with Crippen LogP contribution in [0.25, 0.3) is 0 Å². The van der Waals surface area contributed by atoms with Gasteiger partial charge < -0.3 is 5.11 Å². The van der Waals surface area contributed by atoms with Gasteiger partial charge in [-0.3, -0.25) is 0 Å². The molecule has 0 aromatic heterocycles. The summed E-state index contributed by atoms with van der Waals surface area (Å²) in [5.74, 6) is 0.117. The molecule has 0 fully saturated rings. The summed E-state index contributed by atoms with van der Waals surface area (Å²) in [6.07, 6.45) is 2.94. The van der Waals surface area contributed by atoms with Gasteiger partial charge in [0.1, 0.15) is 5.82 Å². The van der Waals surface area contributed by atoms with Crippen molar-refractivity contribution >= 4 is 0 Å². The predicted molar refractivity (Wildman–Crippen MR) is 60.3 cm³/mol. The Morgan fingerprint density at radius 3 is 2.67 bits per heavy atom. The Balaban J connectivity index is 2.70. The van der Waals surface area contributed by atoms with Gasteiger partial charge in [0, 0.05) is 6.61 Å². The monoisotopic (exact) mass is 210 g/mol. The maximum absolute atomic E-state index is 12.9. The number of aliphatic hydroxyl groups excluding tert-OH is 1. The highest BCUT2D eigenvalue weighted by Gasteiger charge is 2.09. The molecule has 0 bridgehead atoms. The van der Waals surface area contributed by atoms with Crippen LogP contribution in [0.2, 0.25) is 0 Å². The zero-order valence-electron chi connectivity index (χ0n) is 9.46. The van der Waals surface area contributed by atoms with Crippen LogP contribution in [0.1, 0.15) is 30.9 Å². The van der Waals surface area contributed by atoms with E-state index in [-0.39, 0.29) is 12.4 Å². The molecule has 1 rings (SSSR count). The van der Waals surface area contributed by atoms with Crippen molar-refractivity contribution in [1.29, 1.82) is 0 Å². The summed E-state index contributed by atoms with van der Waals surface area (Å²) >= 11 is 0.